The first-order valence-electron chi connectivity index (χ1n) is 5.58. The van der Waals surface area contributed by atoms with E-state index in [1.807, 2.05) is 6.07 Å². The molecule has 0 aliphatic rings. The topological polar surface area (TPSA) is 35.2 Å². The molecule has 0 aliphatic carbocycles. The van der Waals surface area contributed by atoms with Crippen molar-refractivity contribution in [3.05, 3.63) is 35.4 Å². The fraction of sp³-hybridized carbons (Fsp3) is 0.538. The molecular formula is C13H21NO. The van der Waals surface area contributed by atoms with Crippen LogP contribution in [0.5, 0.6) is 0 Å². The highest BCUT2D eigenvalue weighted by Crippen LogP contribution is 2.11. The van der Waals surface area contributed by atoms with Crippen molar-refractivity contribution < 1.29 is 4.74 Å². The second kappa shape index (κ2) is 6.59. The minimum atomic E-state index is 0.590. The molecule has 0 amide bonds. The zero-order chi connectivity index (χ0) is 11.1. The van der Waals surface area contributed by atoms with Gasteiger partial charge < -0.3 is 10.5 Å². The Balaban J connectivity index is 2.51. The van der Waals surface area contributed by atoms with E-state index in [1.54, 1.807) is 0 Å². The van der Waals surface area contributed by atoms with Gasteiger partial charge in [0.2, 0.25) is 0 Å². The molecule has 0 aromatic heterocycles. The zero-order valence-corrected chi connectivity index (χ0v) is 9.70. The van der Waals surface area contributed by atoms with Crippen molar-refractivity contribution in [2.24, 2.45) is 11.7 Å². The lowest BCUT2D eigenvalue weighted by Gasteiger charge is -2.10. The van der Waals surface area contributed by atoms with Crippen LogP contribution in [0.2, 0.25) is 0 Å². The lowest BCUT2D eigenvalue weighted by molar-refractivity contribution is 0.0966. The van der Waals surface area contributed by atoms with Crippen molar-refractivity contribution in [1.29, 1.82) is 0 Å². The average molecular weight is 207 g/mol. The standard InChI is InChI=1S/C13H21NO/c1-11(2)9-15-10-13-6-4-3-5-12(13)7-8-14/h3-6,11H,7-10,14H2,1-2H3. The third kappa shape index (κ3) is 4.45. The van der Waals surface area contributed by atoms with Crippen LogP contribution in [0.1, 0.15) is 25.0 Å². The van der Waals surface area contributed by atoms with Crippen molar-refractivity contribution in [2.45, 2.75) is 26.9 Å². The minimum Gasteiger partial charge on any atom is -0.376 e. The molecule has 0 heterocycles. The van der Waals surface area contributed by atoms with Crippen LogP contribution in [0.25, 0.3) is 0 Å². The van der Waals surface area contributed by atoms with Gasteiger partial charge in [0.05, 0.1) is 6.61 Å². The smallest absolute Gasteiger partial charge is 0.0719 e. The number of benzene rings is 1. The Morgan fingerprint density at radius 2 is 1.87 bits per heavy atom. The number of rotatable bonds is 6. The molecule has 0 radical (unpaired) electrons. The first-order valence-corrected chi connectivity index (χ1v) is 5.58. The summed E-state index contributed by atoms with van der Waals surface area (Å²) in [7, 11) is 0. The molecule has 0 bridgehead atoms. The van der Waals surface area contributed by atoms with Crippen molar-refractivity contribution >= 4 is 0 Å². The zero-order valence-electron chi connectivity index (χ0n) is 9.70. The van der Waals surface area contributed by atoms with E-state index < -0.39 is 0 Å². The Morgan fingerprint density at radius 3 is 2.47 bits per heavy atom. The lowest BCUT2D eigenvalue weighted by Crippen LogP contribution is -2.07. The molecule has 0 aliphatic heterocycles. The van der Waals surface area contributed by atoms with Gasteiger partial charge >= 0.3 is 0 Å². The van der Waals surface area contributed by atoms with E-state index in [9.17, 15) is 0 Å². The molecule has 0 atom stereocenters. The third-order valence-corrected chi connectivity index (χ3v) is 2.24. The molecule has 15 heavy (non-hydrogen) atoms. The summed E-state index contributed by atoms with van der Waals surface area (Å²) in [6.45, 7) is 6.53. The molecule has 84 valence electrons. The second-order valence-electron chi connectivity index (χ2n) is 4.22. The summed E-state index contributed by atoms with van der Waals surface area (Å²) in [6.07, 6.45) is 0.932. The van der Waals surface area contributed by atoms with E-state index in [0.717, 1.165) is 13.0 Å². The molecule has 0 fully saturated rings. The molecule has 0 saturated heterocycles. The molecule has 0 saturated carbocycles. The van der Waals surface area contributed by atoms with Crippen molar-refractivity contribution in [3.8, 4) is 0 Å². The van der Waals surface area contributed by atoms with Crippen molar-refractivity contribution in [2.75, 3.05) is 13.2 Å². The highest BCUT2D eigenvalue weighted by atomic mass is 16.5. The largest absolute Gasteiger partial charge is 0.376 e. The monoisotopic (exact) mass is 207 g/mol. The average Bonchev–Trinajstić information content (AvgIpc) is 2.20. The summed E-state index contributed by atoms with van der Waals surface area (Å²) in [5.74, 6) is 0.590. The fourth-order valence-corrected chi connectivity index (χ4v) is 1.50. The Hall–Kier alpha value is -0.860. The molecule has 1 rings (SSSR count). The number of ether oxygens (including phenoxy) is 1. The molecule has 0 spiro atoms. The van der Waals surface area contributed by atoms with Gasteiger partial charge in [-0.2, -0.15) is 0 Å². The van der Waals surface area contributed by atoms with Crippen LogP contribution in [0.4, 0.5) is 0 Å². The summed E-state index contributed by atoms with van der Waals surface area (Å²) in [5.41, 5.74) is 8.14. The van der Waals surface area contributed by atoms with Crippen LogP contribution in [0.3, 0.4) is 0 Å². The maximum atomic E-state index is 5.63. The summed E-state index contributed by atoms with van der Waals surface area (Å²) in [5, 5.41) is 0. The van der Waals surface area contributed by atoms with E-state index >= 15 is 0 Å². The molecule has 1 aromatic rings. The van der Waals surface area contributed by atoms with Crippen molar-refractivity contribution in [1.82, 2.24) is 0 Å². The van der Waals surface area contributed by atoms with Gasteiger partial charge in [0.15, 0.2) is 0 Å². The van der Waals surface area contributed by atoms with Gasteiger partial charge in [0.1, 0.15) is 0 Å². The molecule has 2 N–H and O–H groups in total. The number of hydrogen-bond acceptors (Lipinski definition) is 2. The number of nitrogens with two attached hydrogens (primary N) is 1. The van der Waals surface area contributed by atoms with Crippen LogP contribution in [0.15, 0.2) is 24.3 Å². The Labute approximate surface area is 92.4 Å². The molecule has 2 heteroatoms. The molecule has 0 unspecified atom stereocenters. The molecule has 1 aromatic carbocycles. The van der Waals surface area contributed by atoms with Gasteiger partial charge in [-0.05, 0) is 30.0 Å². The van der Waals surface area contributed by atoms with Crippen molar-refractivity contribution in [3.63, 3.8) is 0 Å². The van der Waals surface area contributed by atoms with Gasteiger partial charge in [-0.15, -0.1) is 0 Å². The normalized spacial score (nSPS) is 10.9. The summed E-state index contributed by atoms with van der Waals surface area (Å²) in [4.78, 5) is 0. The summed E-state index contributed by atoms with van der Waals surface area (Å²) < 4.78 is 5.63. The summed E-state index contributed by atoms with van der Waals surface area (Å²) >= 11 is 0. The SMILES string of the molecule is CC(C)COCc1ccccc1CCN. The summed E-state index contributed by atoms with van der Waals surface area (Å²) in [6, 6.07) is 8.34. The van der Waals surface area contributed by atoms with Crippen LogP contribution in [-0.4, -0.2) is 13.2 Å². The quantitative estimate of drug-likeness (QED) is 0.777. The first-order chi connectivity index (χ1) is 7.24. The van der Waals surface area contributed by atoms with Crippen LogP contribution >= 0.6 is 0 Å². The Bertz CT molecular complexity index is 284. The second-order valence-corrected chi connectivity index (χ2v) is 4.22. The highest BCUT2D eigenvalue weighted by molar-refractivity contribution is 5.26. The van der Waals surface area contributed by atoms with E-state index in [0.29, 0.717) is 19.1 Å². The predicted molar refractivity (Wildman–Crippen MR) is 63.7 cm³/mol. The van der Waals surface area contributed by atoms with Gasteiger partial charge in [0.25, 0.3) is 0 Å². The van der Waals surface area contributed by atoms with E-state index in [1.165, 1.54) is 11.1 Å². The Kier molecular flexibility index (Phi) is 5.37. The highest BCUT2D eigenvalue weighted by Gasteiger charge is 2.01. The third-order valence-electron chi connectivity index (χ3n) is 2.24. The van der Waals surface area contributed by atoms with Gasteiger partial charge in [-0.25, -0.2) is 0 Å². The van der Waals surface area contributed by atoms with Gasteiger partial charge in [-0.3, -0.25) is 0 Å². The van der Waals surface area contributed by atoms with Crippen LogP contribution < -0.4 is 5.73 Å². The van der Waals surface area contributed by atoms with E-state index in [2.05, 4.69) is 32.0 Å². The maximum absolute atomic E-state index is 5.63. The maximum Gasteiger partial charge on any atom is 0.0719 e. The van der Waals surface area contributed by atoms with E-state index in [4.69, 9.17) is 10.5 Å². The fourth-order valence-electron chi connectivity index (χ4n) is 1.50. The lowest BCUT2D eigenvalue weighted by atomic mass is 10.1. The predicted octanol–water partition coefficient (Wildman–Crippen LogP) is 2.36. The minimum absolute atomic E-state index is 0.590. The first kappa shape index (κ1) is 12.2. The van der Waals surface area contributed by atoms with E-state index in [-0.39, 0.29) is 0 Å². The number of hydrogen-bond donors (Lipinski definition) is 1. The van der Waals surface area contributed by atoms with Gasteiger partial charge in [-0.1, -0.05) is 38.1 Å². The molecule has 2 nitrogen and oxygen atoms in total. The Morgan fingerprint density at radius 1 is 1.20 bits per heavy atom. The van der Waals surface area contributed by atoms with Gasteiger partial charge in [0, 0.05) is 6.61 Å². The molecular weight excluding hydrogens is 186 g/mol. The van der Waals surface area contributed by atoms with Crippen LogP contribution in [0, 0.1) is 5.92 Å². The van der Waals surface area contributed by atoms with Crippen LogP contribution in [-0.2, 0) is 17.8 Å².